The Morgan fingerprint density at radius 3 is 2.44 bits per heavy atom. The number of nitrogens with two attached hydrogens (primary N) is 1. The van der Waals surface area contributed by atoms with Crippen molar-refractivity contribution in [3.05, 3.63) is 50.7 Å². The summed E-state index contributed by atoms with van der Waals surface area (Å²) in [5.74, 6) is 0.882. The van der Waals surface area contributed by atoms with Crippen LogP contribution in [-0.4, -0.2) is 7.11 Å². The highest BCUT2D eigenvalue weighted by Gasteiger charge is 2.19. The Morgan fingerprint density at radius 2 is 1.89 bits per heavy atom. The molecule has 2 rings (SSSR count). The second-order valence-corrected chi connectivity index (χ2v) is 5.59. The Kier molecular flexibility index (Phi) is 3.73. The molecule has 0 saturated heterocycles. The van der Waals surface area contributed by atoms with Crippen LogP contribution in [0.2, 0.25) is 0 Å². The third-order valence-electron chi connectivity index (χ3n) is 3.21. The van der Waals surface area contributed by atoms with Gasteiger partial charge >= 0.3 is 0 Å². The van der Waals surface area contributed by atoms with E-state index in [9.17, 15) is 0 Å². The minimum absolute atomic E-state index is 0.111. The summed E-state index contributed by atoms with van der Waals surface area (Å²) < 4.78 is 5.49. The van der Waals surface area contributed by atoms with Gasteiger partial charge in [0.05, 0.1) is 13.2 Å². The number of ether oxygens (including phenoxy) is 1. The second-order valence-electron chi connectivity index (χ2n) is 4.64. The maximum Gasteiger partial charge on any atom is 0.124 e. The fourth-order valence-corrected chi connectivity index (χ4v) is 3.28. The summed E-state index contributed by atoms with van der Waals surface area (Å²) in [6, 6.07) is 6.20. The van der Waals surface area contributed by atoms with Crippen LogP contribution in [-0.2, 0) is 0 Å². The van der Waals surface area contributed by atoms with E-state index >= 15 is 0 Å². The maximum atomic E-state index is 6.42. The monoisotopic (exact) mass is 261 g/mol. The van der Waals surface area contributed by atoms with Gasteiger partial charge in [0.25, 0.3) is 0 Å². The molecule has 1 aromatic heterocycles. The van der Waals surface area contributed by atoms with Crippen molar-refractivity contribution >= 4 is 11.3 Å². The van der Waals surface area contributed by atoms with E-state index in [1.165, 1.54) is 21.6 Å². The first kappa shape index (κ1) is 13.1. The molecule has 96 valence electrons. The van der Waals surface area contributed by atoms with Crippen LogP contribution in [0.5, 0.6) is 5.75 Å². The van der Waals surface area contributed by atoms with Gasteiger partial charge in [-0.05, 0) is 55.0 Å². The molecule has 0 aliphatic rings. The van der Waals surface area contributed by atoms with Crippen molar-refractivity contribution in [2.24, 2.45) is 5.73 Å². The molecular formula is C15H19NOS. The zero-order chi connectivity index (χ0) is 13.3. The minimum atomic E-state index is -0.111. The van der Waals surface area contributed by atoms with Crippen LogP contribution < -0.4 is 10.5 Å². The van der Waals surface area contributed by atoms with Crippen LogP contribution in [0.25, 0.3) is 0 Å². The van der Waals surface area contributed by atoms with E-state index in [2.05, 4.69) is 38.3 Å². The molecule has 2 aromatic rings. The Hall–Kier alpha value is -1.32. The average Bonchev–Trinajstić information content (AvgIpc) is 2.73. The van der Waals surface area contributed by atoms with Gasteiger partial charge in [-0.25, -0.2) is 0 Å². The fourth-order valence-electron chi connectivity index (χ4n) is 2.34. The summed E-state index contributed by atoms with van der Waals surface area (Å²) in [6.07, 6.45) is 0. The number of hydrogen-bond acceptors (Lipinski definition) is 3. The summed E-state index contributed by atoms with van der Waals surface area (Å²) in [5.41, 5.74) is 11.1. The quantitative estimate of drug-likeness (QED) is 0.913. The number of rotatable bonds is 3. The van der Waals surface area contributed by atoms with Crippen LogP contribution in [0.4, 0.5) is 0 Å². The van der Waals surface area contributed by atoms with Gasteiger partial charge < -0.3 is 10.5 Å². The number of methoxy groups -OCH3 is 1. The first-order chi connectivity index (χ1) is 8.54. The molecule has 0 radical (unpaired) electrons. The average molecular weight is 261 g/mol. The smallest absolute Gasteiger partial charge is 0.124 e. The molecule has 18 heavy (non-hydrogen) atoms. The van der Waals surface area contributed by atoms with Crippen molar-refractivity contribution in [1.29, 1.82) is 0 Å². The van der Waals surface area contributed by atoms with Crippen molar-refractivity contribution < 1.29 is 4.74 Å². The topological polar surface area (TPSA) is 35.2 Å². The molecule has 0 bridgehead atoms. The normalized spacial score (nSPS) is 12.5. The van der Waals surface area contributed by atoms with Gasteiger partial charge in [0.15, 0.2) is 0 Å². The second kappa shape index (κ2) is 5.12. The molecule has 0 aliphatic carbocycles. The third kappa shape index (κ3) is 2.28. The van der Waals surface area contributed by atoms with Gasteiger partial charge in [0, 0.05) is 10.4 Å². The molecule has 2 N–H and O–H groups in total. The van der Waals surface area contributed by atoms with Crippen LogP contribution >= 0.6 is 11.3 Å². The van der Waals surface area contributed by atoms with Crippen LogP contribution in [0.1, 0.15) is 33.2 Å². The van der Waals surface area contributed by atoms with Crippen LogP contribution in [0.15, 0.2) is 23.6 Å². The molecule has 0 fully saturated rings. The van der Waals surface area contributed by atoms with E-state index in [1.54, 1.807) is 18.4 Å². The Labute approximate surface area is 112 Å². The Bertz CT molecular complexity index is 560. The summed E-state index contributed by atoms with van der Waals surface area (Å²) in [7, 11) is 1.70. The molecule has 0 spiro atoms. The van der Waals surface area contributed by atoms with E-state index in [-0.39, 0.29) is 6.04 Å². The molecule has 1 aromatic carbocycles. The molecule has 1 heterocycles. The lowest BCUT2D eigenvalue weighted by Crippen LogP contribution is -2.14. The predicted octanol–water partition coefficient (Wildman–Crippen LogP) is 3.73. The number of aryl methyl sites for hydroxylation is 3. The molecule has 2 nitrogen and oxygen atoms in total. The first-order valence-electron chi connectivity index (χ1n) is 5.99. The highest BCUT2D eigenvalue weighted by atomic mass is 32.1. The zero-order valence-corrected chi connectivity index (χ0v) is 12.1. The number of benzene rings is 1. The van der Waals surface area contributed by atoms with Crippen molar-refractivity contribution in [2.45, 2.75) is 26.8 Å². The molecule has 0 amide bonds. The van der Waals surface area contributed by atoms with Crippen molar-refractivity contribution in [1.82, 2.24) is 0 Å². The largest absolute Gasteiger partial charge is 0.496 e. The molecule has 1 atom stereocenters. The van der Waals surface area contributed by atoms with E-state index in [0.717, 1.165) is 11.3 Å². The Morgan fingerprint density at radius 1 is 1.17 bits per heavy atom. The minimum Gasteiger partial charge on any atom is -0.496 e. The summed E-state index contributed by atoms with van der Waals surface area (Å²) >= 11 is 1.70. The number of hydrogen-bond donors (Lipinski definition) is 1. The summed E-state index contributed by atoms with van der Waals surface area (Å²) in [5, 5.41) is 2.08. The molecule has 0 saturated carbocycles. The summed E-state index contributed by atoms with van der Waals surface area (Å²) in [6.45, 7) is 6.26. The Balaban J connectivity index is 2.54. The highest BCUT2D eigenvalue weighted by Crippen LogP contribution is 2.35. The van der Waals surface area contributed by atoms with Gasteiger partial charge in [-0.3, -0.25) is 0 Å². The standard InChI is InChI=1S/C15H19NOS/c1-9-7-11(3)13(12(8-9)17-4)14(16)15-10(2)5-6-18-15/h5-8,14H,16H2,1-4H3. The molecule has 3 heteroatoms. The summed E-state index contributed by atoms with van der Waals surface area (Å²) in [4.78, 5) is 1.21. The van der Waals surface area contributed by atoms with E-state index in [0.29, 0.717) is 0 Å². The van der Waals surface area contributed by atoms with Crippen molar-refractivity contribution in [2.75, 3.05) is 7.11 Å². The van der Waals surface area contributed by atoms with Gasteiger partial charge in [-0.15, -0.1) is 11.3 Å². The van der Waals surface area contributed by atoms with E-state index in [1.807, 2.05) is 6.07 Å². The van der Waals surface area contributed by atoms with E-state index < -0.39 is 0 Å². The van der Waals surface area contributed by atoms with Gasteiger partial charge in [-0.1, -0.05) is 6.07 Å². The zero-order valence-electron chi connectivity index (χ0n) is 11.3. The maximum absolute atomic E-state index is 6.42. The van der Waals surface area contributed by atoms with Crippen LogP contribution in [0.3, 0.4) is 0 Å². The molecular weight excluding hydrogens is 242 g/mol. The van der Waals surface area contributed by atoms with Crippen molar-refractivity contribution in [3.63, 3.8) is 0 Å². The van der Waals surface area contributed by atoms with Crippen molar-refractivity contribution in [3.8, 4) is 5.75 Å². The predicted molar refractivity (Wildman–Crippen MR) is 77.6 cm³/mol. The molecule has 0 aliphatic heterocycles. The third-order valence-corrected chi connectivity index (χ3v) is 4.31. The lowest BCUT2D eigenvalue weighted by Gasteiger charge is -2.19. The van der Waals surface area contributed by atoms with Gasteiger partial charge in [0.1, 0.15) is 5.75 Å². The lowest BCUT2D eigenvalue weighted by molar-refractivity contribution is 0.407. The van der Waals surface area contributed by atoms with Gasteiger partial charge in [0.2, 0.25) is 0 Å². The molecule has 1 unspecified atom stereocenters. The first-order valence-corrected chi connectivity index (χ1v) is 6.87. The lowest BCUT2D eigenvalue weighted by atomic mass is 9.96. The van der Waals surface area contributed by atoms with Gasteiger partial charge in [-0.2, -0.15) is 0 Å². The van der Waals surface area contributed by atoms with Crippen LogP contribution in [0, 0.1) is 20.8 Å². The fraction of sp³-hybridized carbons (Fsp3) is 0.333. The SMILES string of the molecule is COc1cc(C)cc(C)c1C(N)c1sccc1C. The highest BCUT2D eigenvalue weighted by molar-refractivity contribution is 7.10. The number of thiophene rings is 1. The van der Waals surface area contributed by atoms with E-state index in [4.69, 9.17) is 10.5 Å².